The van der Waals surface area contributed by atoms with Gasteiger partial charge < -0.3 is 9.73 Å². The zero-order valence-electron chi connectivity index (χ0n) is 15.6. The molecule has 4 rings (SSSR count). The van der Waals surface area contributed by atoms with Crippen molar-refractivity contribution in [1.29, 1.82) is 0 Å². The summed E-state index contributed by atoms with van der Waals surface area (Å²) in [5, 5.41) is 3.46. The maximum atomic E-state index is 12.6. The smallest absolute Gasteiger partial charge is 0.267 e. The maximum Gasteiger partial charge on any atom is 0.267 e. The highest BCUT2D eigenvalue weighted by Crippen LogP contribution is 2.25. The molecule has 1 amide bonds. The van der Waals surface area contributed by atoms with Gasteiger partial charge in [-0.1, -0.05) is 36.4 Å². The van der Waals surface area contributed by atoms with E-state index in [1.165, 1.54) is 35.9 Å². The number of rotatable bonds is 7. The molecule has 0 spiro atoms. The first-order chi connectivity index (χ1) is 14.5. The molecule has 0 bridgehead atoms. The molecule has 0 aliphatic heterocycles. The van der Waals surface area contributed by atoms with E-state index in [4.69, 9.17) is 4.42 Å². The monoisotopic (exact) mass is 439 g/mol. The van der Waals surface area contributed by atoms with E-state index in [1.54, 1.807) is 24.3 Å². The minimum atomic E-state index is -3.76. The van der Waals surface area contributed by atoms with Gasteiger partial charge in [-0.2, -0.15) is 0 Å². The molecule has 0 aliphatic rings. The Balaban J connectivity index is 1.46. The third kappa shape index (κ3) is 4.65. The van der Waals surface area contributed by atoms with Crippen molar-refractivity contribution in [3.63, 3.8) is 0 Å². The number of benzene rings is 2. The lowest BCUT2D eigenvalue weighted by Crippen LogP contribution is -2.23. The fraction of sp³-hybridized carbons (Fsp3) is 0.0476. The summed E-state index contributed by atoms with van der Waals surface area (Å²) >= 11 is 1.27. The largest absolute Gasteiger partial charge is 0.468 e. The van der Waals surface area contributed by atoms with Crippen molar-refractivity contribution in [3.05, 3.63) is 89.8 Å². The molecule has 2 aromatic carbocycles. The van der Waals surface area contributed by atoms with Crippen LogP contribution in [0.15, 0.2) is 88.5 Å². The Morgan fingerprint density at radius 3 is 2.63 bits per heavy atom. The number of hydrogen-bond acceptors (Lipinski definition) is 6. The first-order valence-electron chi connectivity index (χ1n) is 8.96. The number of amides is 1. The van der Waals surface area contributed by atoms with Crippen LogP contribution in [0.4, 0.5) is 5.69 Å². The van der Waals surface area contributed by atoms with Crippen molar-refractivity contribution in [1.82, 2.24) is 9.71 Å². The van der Waals surface area contributed by atoms with Crippen LogP contribution in [0.5, 0.6) is 0 Å². The second kappa shape index (κ2) is 8.62. The number of nitrogens with one attached hydrogen (secondary N) is 2. The second-order valence-corrected chi connectivity index (χ2v) is 9.08. The summed E-state index contributed by atoms with van der Waals surface area (Å²) in [6, 6.07) is 19.0. The van der Waals surface area contributed by atoms with Gasteiger partial charge in [0.25, 0.3) is 5.91 Å². The van der Waals surface area contributed by atoms with Gasteiger partial charge in [-0.15, -0.1) is 11.3 Å². The lowest BCUT2D eigenvalue weighted by molar-refractivity contribution is 0.103. The Kier molecular flexibility index (Phi) is 5.75. The molecule has 152 valence electrons. The van der Waals surface area contributed by atoms with E-state index in [0.29, 0.717) is 16.3 Å². The number of aromatic nitrogens is 1. The Morgan fingerprint density at radius 2 is 1.87 bits per heavy atom. The van der Waals surface area contributed by atoms with Crippen molar-refractivity contribution < 1.29 is 17.6 Å². The number of thiazole rings is 1. The zero-order valence-corrected chi connectivity index (χ0v) is 17.2. The highest BCUT2D eigenvalue weighted by molar-refractivity contribution is 7.89. The average Bonchev–Trinajstić information content (AvgIpc) is 3.45. The van der Waals surface area contributed by atoms with Gasteiger partial charge in [-0.3, -0.25) is 4.79 Å². The summed E-state index contributed by atoms with van der Waals surface area (Å²) in [5.74, 6) is 0.148. The molecular formula is C21H17N3O4S2. The molecule has 2 heterocycles. The van der Waals surface area contributed by atoms with Gasteiger partial charge in [0.2, 0.25) is 10.0 Å². The molecule has 0 fully saturated rings. The van der Waals surface area contributed by atoms with E-state index < -0.39 is 10.0 Å². The molecule has 30 heavy (non-hydrogen) atoms. The summed E-state index contributed by atoms with van der Waals surface area (Å²) in [4.78, 5) is 17.4. The molecule has 0 radical (unpaired) electrons. The maximum absolute atomic E-state index is 12.6. The van der Waals surface area contributed by atoms with Gasteiger partial charge >= 0.3 is 0 Å². The summed E-state index contributed by atoms with van der Waals surface area (Å²) in [6.45, 7) is 0.0368. The Morgan fingerprint density at radius 1 is 1.03 bits per heavy atom. The number of carbonyl (C=O) groups is 1. The van der Waals surface area contributed by atoms with Crippen molar-refractivity contribution in [2.75, 3.05) is 5.32 Å². The van der Waals surface area contributed by atoms with Crippen molar-refractivity contribution in [3.8, 4) is 10.6 Å². The van der Waals surface area contributed by atoms with Gasteiger partial charge in [0, 0.05) is 11.3 Å². The lowest BCUT2D eigenvalue weighted by Gasteiger charge is -2.08. The third-order valence-corrected chi connectivity index (χ3v) is 6.61. The summed E-state index contributed by atoms with van der Waals surface area (Å²) in [5.41, 5.74) is 1.30. The number of sulfonamides is 1. The van der Waals surface area contributed by atoms with Gasteiger partial charge in [-0.05, 0) is 30.3 Å². The van der Waals surface area contributed by atoms with Gasteiger partial charge in [-0.25, -0.2) is 18.1 Å². The van der Waals surface area contributed by atoms with Crippen LogP contribution < -0.4 is 10.0 Å². The van der Waals surface area contributed by atoms with E-state index >= 15 is 0 Å². The predicted molar refractivity (Wildman–Crippen MR) is 115 cm³/mol. The van der Waals surface area contributed by atoms with Crippen LogP contribution in [0.25, 0.3) is 10.6 Å². The second-order valence-electron chi connectivity index (χ2n) is 6.28. The molecule has 7 nitrogen and oxygen atoms in total. The van der Waals surface area contributed by atoms with Crippen molar-refractivity contribution in [2.24, 2.45) is 0 Å². The fourth-order valence-corrected chi connectivity index (χ4v) is 4.55. The SMILES string of the molecule is O=C(Nc1cccc(S(=O)(=O)NCc2ccco2)c1)c1cnc(-c2ccccc2)s1. The molecule has 9 heteroatoms. The number of nitrogens with zero attached hydrogens (tertiary/aromatic N) is 1. The van der Waals surface area contributed by atoms with Crippen LogP contribution in [0.3, 0.4) is 0 Å². The summed E-state index contributed by atoms with van der Waals surface area (Å²) < 4.78 is 32.6. The number of anilines is 1. The Hall–Kier alpha value is -3.27. The molecule has 2 N–H and O–H groups in total. The molecule has 0 atom stereocenters. The van der Waals surface area contributed by atoms with Crippen LogP contribution in [-0.4, -0.2) is 19.3 Å². The van der Waals surface area contributed by atoms with Crippen LogP contribution in [0.2, 0.25) is 0 Å². The van der Waals surface area contributed by atoms with Crippen LogP contribution in [0.1, 0.15) is 15.4 Å². The highest BCUT2D eigenvalue weighted by Gasteiger charge is 2.17. The quantitative estimate of drug-likeness (QED) is 0.451. The number of carbonyl (C=O) groups excluding carboxylic acids is 1. The fourth-order valence-electron chi connectivity index (χ4n) is 2.69. The topological polar surface area (TPSA) is 101 Å². The first kappa shape index (κ1) is 20.0. The van der Waals surface area contributed by atoms with Crippen molar-refractivity contribution in [2.45, 2.75) is 11.4 Å². The molecule has 4 aromatic rings. The van der Waals surface area contributed by atoms with Gasteiger partial charge in [0.15, 0.2) is 0 Å². The molecule has 2 aromatic heterocycles. The van der Waals surface area contributed by atoms with E-state index in [-0.39, 0.29) is 17.3 Å². The minimum Gasteiger partial charge on any atom is -0.468 e. The normalized spacial score (nSPS) is 11.3. The average molecular weight is 440 g/mol. The van der Waals surface area contributed by atoms with Gasteiger partial charge in [0.05, 0.1) is 23.9 Å². The summed E-state index contributed by atoms with van der Waals surface area (Å²) in [7, 11) is -3.76. The lowest BCUT2D eigenvalue weighted by atomic mass is 10.2. The molecule has 0 aliphatic carbocycles. The van der Waals surface area contributed by atoms with E-state index in [9.17, 15) is 13.2 Å². The van der Waals surface area contributed by atoms with Gasteiger partial charge in [0.1, 0.15) is 15.6 Å². The molecule has 0 saturated carbocycles. The molecular weight excluding hydrogens is 422 g/mol. The highest BCUT2D eigenvalue weighted by atomic mass is 32.2. The van der Waals surface area contributed by atoms with Crippen LogP contribution >= 0.6 is 11.3 Å². The zero-order chi connectivity index (χ0) is 21.0. The standard InChI is InChI=1S/C21H17N3O4S2/c25-20(19-14-22-21(29-19)15-6-2-1-3-7-15)24-16-8-4-10-18(12-16)30(26,27)23-13-17-9-5-11-28-17/h1-12,14,23H,13H2,(H,24,25). The summed E-state index contributed by atoms with van der Waals surface area (Å²) in [6.07, 6.45) is 2.98. The predicted octanol–water partition coefficient (Wildman–Crippen LogP) is 4.13. The van der Waals surface area contributed by atoms with Crippen molar-refractivity contribution >= 4 is 33.0 Å². The minimum absolute atomic E-state index is 0.0368. The van der Waals surface area contributed by atoms with E-state index in [2.05, 4.69) is 15.0 Å². The molecule has 0 unspecified atom stereocenters. The number of furan rings is 1. The first-order valence-corrected chi connectivity index (χ1v) is 11.3. The Labute approximate surface area is 177 Å². The number of hydrogen-bond donors (Lipinski definition) is 2. The molecule has 0 saturated heterocycles. The van der Waals surface area contributed by atoms with Crippen LogP contribution in [-0.2, 0) is 16.6 Å². The third-order valence-electron chi connectivity index (χ3n) is 4.17. The van der Waals surface area contributed by atoms with E-state index in [0.717, 1.165) is 10.6 Å². The Bertz CT molecular complexity index is 1250. The van der Waals surface area contributed by atoms with Crippen LogP contribution in [0, 0.1) is 0 Å². The van der Waals surface area contributed by atoms with E-state index in [1.807, 2.05) is 30.3 Å².